The third kappa shape index (κ3) is 3.17. The second-order valence-electron chi connectivity index (χ2n) is 5.45. The minimum atomic E-state index is -0.207. The van der Waals surface area contributed by atoms with Gasteiger partial charge in [0, 0.05) is 4.88 Å². The van der Waals surface area contributed by atoms with Crippen molar-refractivity contribution in [2.24, 2.45) is 0 Å². The first-order valence-corrected chi connectivity index (χ1v) is 8.22. The third-order valence-corrected chi connectivity index (χ3v) is 4.77. The topological polar surface area (TPSA) is 64.0 Å². The highest BCUT2D eigenvalue weighted by Gasteiger charge is 2.13. The van der Waals surface area contributed by atoms with Gasteiger partial charge in [0.1, 0.15) is 6.54 Å². The lowest BCUT2D eigenvalue weighted by molar-refractivity contribution is -0.122. The standard InChI is InChI=1S/C17H17N3O2S/c1-11-5-3-6-13-16(11)18-10-20(17(13)22)9-15(21)19-12(2)14-7-4-8-23-14/h3-8,10,12H,9H2,1-2H3,(H,19,21). The van der Waals surface area contributed by atoms with Crippen molar-refractivity contribution in [3.63, 3.8) is 0 Å². The number of amides is 1. The lowest BCUT2D eigenvalue weighted by Gasteiger charge is -2.13. The zero-order valence-corrected chi connectivity index (χ0v) is 13.8. The van der Waals surface area contributed by atoms with Crippen LogP contribution >= 0.6 is 11.3 Å². The molecule has 0 spiro atoms. The first kappa shape index (κ1) is 15.4. The van der Waals surface area contributed by atoms with Crippen molar-refractivity contribution < 1.29 is 4.79 Å². The van der Waals surface area contributed by atoms with Crippen LogP contribution in [0.5, 0.6) is 0 Å². The SMILES string of the molecule is Cc1cccc2c(=O)n(CC(=O)NC(C)c3cccs3)cnc12. The van der Waals surface area contributed by atoms with Gasteiger partial charge >= 0.3 is 0 Å². The van der Waals surface area contributed by atoms with Crippen LogP contribution in [0, 0.1) is 6.92 Å². The zero-order chi connectivity index (χ0) is 16.4. The molecule has 5 nitrogen and oxygen atoms in total. The fraction of sp³-hybridized carbons (Fsp3) is 0.235. The third-order valence-electron chi connectivity index (χ3n) is 3.72. The number of para-hydroxylation sites is 1. The molecule has 1 unspecified atom stereocenters. The highest BCUT2D eigenvalue weighted by molar-refractivity contribution is 7.10. The number of carbonyl (C=O) groups is 1. The molecule has 1 atom stereocenters. The first-order chi connectivity index (χ1) is 11.1. The Bertz CT molecular complexity index is 900. The number of aryl methyl sites for hydroxylation is 1. The molecule has 1 amide bonds. The molecule has 3 aromatic rings. The number of rotatable bonds is 4. The summed E-state index contributed by atoms with van der Waals surface area (Å²) in [4.78, 5) is 30.0. The predicted molar refractivity (Wildman–Crippen MR) is 91.6 cm³/mol. The Morgan fingerprint density at radius 1 is 1.35 bits per heavy atom. The molecular formula is C17H17N3O2S. The Balaban J connectivity index is 1.80. The zero-order valence-electron chi connectivity index (χ0n) is 12.9. The Labute approximate surface area is 137 Å². The lowest BCUT2D eigenvalue weighted by Crippen LogP contribution is -2.33. The Kier molecular flexibility index (Phi) is 4.25. The molecule has 0 fully saturated rings. The van der Waals surface area contributed by atoms with Crippen molar-refractivity contribution in [1.82, 2.24) is 14.9 Å². The van der Waals surface area contributed by atoms with E-state index in [1.54, 1.807) is 17.4 Å². The molecule has 1 aromatic carbocycles. The maximum atomic E-state index is 12.5. The van der Waals surface area contributed by atoms with Gasteiger partial charge in [0.15, 0.2) is 0 Å². The summed E-state index contributed by atoms with van der Waals surface area (Å²) in [6.45, 7) is 3.80. The van der Waals surface area contributed by atoms with Crippen molar-refractivity contribution in [3.8, 4) is 0 Å². The molecule has 0 aliphatic carbocycles. The number of nitrogens with one attached hydrogen (secondary N) is 1. The van der Waals surface area contributed by atoms with E-state index in [0.717, 1.165) is 10.4 Å². The second kappa shape index (κ2) is 6.34. The molecular weight excluding hydrogens is 310 g/mol. The van der Waals surface area contributed by atoms with E-state index in [1.807, 2.05) is 43.5 Å². The summed E-state index contributed by atoms with van der Waals surface area (Å²) in [6, 6.07) is 9.32. The summed E-state index contributed by atoms with van der Waals surface area (Å²) in [6.07, 6.45) is 1.44. The molecule has 0 saturated carbocycles. The van der Waals surface area contributed by atoms with Gasteiger partial charge in [-0.05, 0) is 36.9 Å². The monoisotopic (exact) mass is 327 g/mol. The Hall–Kier alpha value is -2.47. The molecule has 6 heteroatoms. The van der Waals surface area contributed by atoms with Crippen LogP contribution in [0.4, 0.5) is 0 Å². The number of thiophene rings is 1. The Morgan fingerprint density at radius 2 is 2.17 bits per heavy atom. The summed E-state index contributed by atoms with van der Waals surface area (Å²) in [5.41, 5.74) is 1.43. The van der Waals surface area contributed by atoms with Crippen LogP contribution in [0.15, 0.2) is 46.8 Å². The quantitative estimate of drug-likeness (QED) is 0.801. The summed E-state index contributed by atoms with van der Waals surface area (Å²) in [5.74, 6) is -0.207. The summed E-state index contributed by atoms with van der Waals surface area (Å²) in [7, 11) is 0. The van der Waals surface area contributed by atoms with Gasteiger partial charge in [0.25, 0.3) is 5.56 Å². The number of aromatic nitrogens is 2. The molecule has 3 rings (SSSR count). The van der Waals surface area contributed by atoms with E-state index in [4.69, 9.17) is 0 Å². The fourth-order valence-corrected chi connectivity index (χ4v) is 3.24. The molecule has 0 bridgehead atoms. The van der Waals surface area contributed by atoms with E-state index in [2.05, 4.69) is 10.3 Å². The van der Waals surface area contributed by atoms with Crippen molar-refractivity contribution in [2.75, 3.05) is 0 Å². The maximum absolute atomic E-state index is 12.5. The maximum Gasteiger partial charge on any atom is 0.261 e. The van der Waals surface area contributed by atoms with Crippen LogP contribution < -0.4 is 10.9 Å². The average molecular weight is 327 g/mol. The van der Waals surface area contributed by atoms with E-state index in [1.165, 1.54) is 10.9 Å². The van der Waals surface area contributed by atoms with Crippen LogP contribution in [-0.4, -0.2) is 15.5 Å². The number of hydrogen-bond donors (Lipinski definition) is 1. The molecule has 0 aliphatic heterocycles. The van der Waals surface area contributed by atoms with E-state index < -0.39 is 0 Å². The minimum Gasteiger partial charge on any atom is -0.347 e. The highest BCUT2D eigenvalue weighted by atomic mass is 32.1. The number of benzene rings is 1. The largest absolute Gasteiger partial charge is 0.347 e. The van der Waals surface area contributed by atoms with E-state index in [0.29, 0.717) is 10.9 Å². The van der Waals surface area contributed by atoms with Crippen LogP contribution in [0.2, 0.25) is 0 Å². The van der Waals surface area contributed by atoms with Crippen LogP contribution in [0.1, 0.15) is 23.4 Å². The molecule has 23 heavy (non-hydrogen) atoms. The fourth-order valence-electron chi connectivity index (χ4n) is 2.50. The predicted octanol–water partition coefficient (Wildman–Crippen LogP) is 2.64. The average Bonchev–Trinajstić information content (AvgIpc) is 3.05. The van der Waals surface area contributed by atoms with E-state index in [-0.39, 0.29) is 24.1 Å². The molecule has 0 radical (unpaired) electrons. The van der Waals surface area contributed by atoms with Gasteiger partial charge in [-0.2, -0.15) is 0 Å². The smallest absolute Gasteiger partial charge is 0.261 e. The van der Waals surface area contributed by atoms with Gasteiger partial charge in [0.05, 0.1) is 23.3 Å². The minimum absolute atomic E-state index is 0.0363. The summed E-state index contributed by atoms with van der Waals surface area (Å²) < 4.78 is 1.35. The van der Waals surface area contributed by atoms with Crippen molar-refractivity contribution >= 4 is 28.1 Å². The van der Waals surface area contributed by atoms with Crippen molar-refractivity contribution in [3.05, 3.63) is 62.8 Å². The van der Waals surface area contributed by atoms with Crippen LogP contribution in [0.3, 0.4) is 0 Å². The highest BCUT2D eigenvalue weighted by Crippen LogP contribution is 2.18. The molecule has 118 valence electrons. The molecule has 0 saturated heterocycles. The lowest BCUT2D eigenvalue weighted by atomic mass is 10.1. The van der Waals surface area contributed by atoms with Gasteiger partial charge in [-0.25, -0.2) is 4.98 Å². The van der Waals surface area contributed by atoms with Gasteiger partial charge in [-0.15, -0.1) is 11.3 Å². The van der Waals surface area contributed by atoms with Crippen molar-refractivity contribution in [1.29, 1.82) is 0 Å². The number of fused-ring (bicyclic) bond motifs is 1. The molecule has 2 heterocycles. The molecule has 1 N–H and O–H groups in total. The van der Waals surface area contributed by atoms with Gasteiger partial charge in [-0.3, -0.25) is 14.2 Å². The summed E-state index contributed by atoms with van der Waals surface area (Å²) in [5, 5.41) is 5.41. The van der Waals surface area contributed by atoms with E-state index in [9.17, 15) is 9.59 Å². The summed E-state index contributed by atoms with van der Waals surface area (Å²) >= 11 is 1.59. The second-order valence-corrected chi connectivity index (χ2v) is 6.43. The van der Waals surface area contributed by atoms with Crippen molar-refractivity contribution in [2.45, 2.75) is 26.4 Å². The molecule has 2 aromatic heterocycles. The molecule has 0 aliphatic rings. The number of carbonyl (C=O) groups excluding carboxylic acids is 1. The normalized spacial score (nSPS) is 12.3. The number of hydrogen-bond acceptors (Lipinski definition) is 4. The Morgan fingerprint density at radius 3 is 2.91 bits per heavy atom. The van der Waals surface area contributed by atoms with Crippen LogP contribution in [-0.2, 0) is 11.3 Å². The van der Waals surface area contributed by atoms with E-state index >= 15 is 0 Å². The van der Waals surface area contributed by atoms with Crippen LogP contribution in [0.25, 0.3) is 10.9 Å². The van der Waals surface area contributed by atoms with Gasteiger partial charge < -0.3 is 5.32 Å². The van der Waals surface area contributed by atoms with Gasteiger partial charge in [0.2, 0.25) is 5.91 Å². The number of nitrogens with zero attached hydrogens (tertiary/aromatic N) is 2. The van der Waals surface area contributed by atoms with Gasteiger partial charge in [-0.1, -0.05) is 18.2 Å². The first-order valence-electron chi connectivity index (χ1n) is 7.34.